The molecule has 0 saturated carbocycles. The smallest absolute Gasteiger partial charge is 0.255 e. The minimum atomic E-state index is -0.428. The van der Waals surface area contributed by atoms with Crippen LogP contribution in [0.5, 0.6) is 11.5 Å². The standard InChI is InChI=1S/C12H17NO4/c1-3-8(7-17-2)13-12(16)10-6-9(14)4-5-11(10)15/h4-6,8,14-15H,3,7H2,1-2H3,(H,13,16). The second-order valence-electron chi connectivity index (χ2n) is 3.74. The maximum absolute atomic E-state index is 11.8. The van der Waals surface area contributed by atoms with Crippen LogP contribution in [0.3, 0.4) is 0 Å². The van der Waals surface area contributed by atoms with E-state index in [9.17, 15) is 15.0 Å². The fraction of sp³-hybridized carbons (Fsp3) is 0.417. The number of amides is 1. The Balaban J connectivity index is 2.78. The Morgan fingerprint density at radius 1 is 1.47 bits per heavy atom. The minimum Gasteiger partial charge on any atom is -0.508 e. The molecule has 0 heterocycles. The highest BCUT2D eigenvalue weighted by atomic mass is 16.5. The van der Waals surface area contributed by atoms with Crippen LogP contribution < -0.4 is 5.32 Å². The molecule has 1 rings (SSSR count). The van der Waals surface area contributed by atoms with Crippen LogP contribution in [-0.4, -0.2) is 35.9 Å². The fourth-order valence-electron chi connectivity index (χ4n) is 1.43. The third kappa shape index (κ3) is 3.64. The molecule has 0 bridgehead atoms. The van der Waals surface area contributed by atoms with Gasteiger partial charge in [0.05, 0.1) is 18.2 Å². The van der Waals surface area contributed by atoms with E-state index in [4.69, 9.17) is 4.74 Å². The van der Waals surface area contributed by atoms with E-state index in [0.717, 1.165) is 6.42 Å². The summed E-state index contributed by atoms with van der Waals surface area (Å²) in [5.74, 6) is -0.650. The quantitative estimate of drug-likeness (QED) is 0.676. The van der Waals surface area contributed by atoms with Crippen LogP contribution in [0.1, 0.15) is 23.7 Å². The summed E-state index contributed by atoms with van der Waals surface area (Å²) in [6, 6.07) is 3.71. The number of ether oxygens (including phenoxy) is 1. The summed E-state index contributed by atoms with van der Waals surface area (Å²) in [5.41, 5.74) is 0.0551. The molecule has 0 spiro atoms. The molecule has 1 unspecified atom stereocenters. The zero-order chi connectivity index (χ0) is 12.8. The van der Waals surface area contributed by atoms with Gasteiger partial charge in [0.15, 0.2) is 0 Å². The van der Waals surface area contributed by atoms with Crippen LogP contribution >= 0.6 is 0 Å². The Bertz CT molecular complexity index is 392. The average molecular weight is 239 g/mol. The molecule has 0 aliphatic carbocycles. The summed E-state index contributed by atoms with van der Waals surface area (Å²) in [5, 5.41) is 21.5. The van der Waals surface area contributed by atoms with Gasteiger partial charge >= 0.3 is 0 Å². The van der Waals surface area contributed by atoms with Crippen molar-refractivity contribution in [1.29, 1.82) is 0 Å². The summed E-state index contributed by atoms with van der Waals surface area (Å²) in [6.45, 7) is 2.33. The van der Waals surface area contributed by atoms with Crippen molar-refractivity contribution in [2.75, 3.05) is 13.7 Å². The Morgan fingerprint density at radius 3 is 2.76 bits per heavy atom. The maximum atomic E-state index is 11.8. The van der Waals surface area contributed by atoms with Crippen LogP contribution in [-0.2, 0) is 4.74 Å². The van der Waals surface area contributed by atoms with E-state index >= 15 is 0 Å². The van der Waals surface area contributed by atoms with Crippen molar-refractivity contribution < 1.29 is 19.7 Å². The second kappa shape index (κ2) is 6.10. The molecule has 3 N–H and O–H groups in total. The SMILES string of the molecule is CCC(COC)NC(=O)c1cc(O)ccc1O. The summed E-state index contributed by atoms with van der Waals surface area (Å²) in [6.07, 6.45) is 0.721. The molecular formula is C12H17NO4. The number of hydrogen-bond donors (Lipinski definition) is 3. The number of benzene rings is 1. The molecule has 1 atom stereocenters. The molecule has 0 aliphatic rings. The number of aromatic hydroxyl groups is 2. The van der Waals surface area contributed by atoms with E-state index in [1.165, 1.54) is 18.2 Å². The van der Waals surface area contributed by atoms with Crippen molar-refractivity contribution in [1.82, 2.24) is 5.32 Å². The van der Waals surface area contributed by atoms with Crippen LogP contribution in [0.25, 0.3) is 0 Å². The topological polar surface area (TPSA) is 78.8 Å². The van der Waals surface area contributed by atoms with E-state index in [1.54, 1.807) is 7.11 Å². The molecule has 0 aliphatic heterocycles. The van der Waals surface area contributed by atoms with Gasteiger partial charge < -0.3 is 20.3 Å². The van der Waals surface area contributed by atoms with Crippen LogP contribution in [0.2, 0.25) is 0 Å². The van der Waals surface area contributed by atoms with Gasteiger partial charge in [0, 0.05) is 7.11 Å². The Hall–Kier alpha value is -1.75. The fourth-order valence-corrected chi connectivity index (χ4v) is 1.43. The molecular weight excluding hydrogens is 222 g/mol. The first-order valence-corrected chi connectivity index (χ1v) is 5.40. The lowest BCUT2D eigenvalue weighted by molar-refractivity contribution is 0.0891. The second-order valence-corrected chi connectivity index (χ2v) is 3.74. The normalized spacial score (nSPS) is 12.1. The van der Waals surface area contributed by atoms with E-state index in [0.29, 0.717) is 6.61 Å². The monoisotopic (exact) mass is 239 g/mol. The van der Waals surface area contributed by atoms with E-state index in [1.807, 2.05) is 6.92 Å². The zero-order valence-electron chi connectivity index (χ0n) is 9.93. The molecule has 1 aromatic carbocycles. The predicted molar refractivity (Wildman–Crippen MR) is 63.2 cm³/mol. The molecule has 0 fully saturated rings. The first kappa shape index (κ1) is 13.3. The molecule has 1 aromatic rings. The number of rotatable bonds is 5. The molecule has 0 aromatic heterocycles. The van der Waals surface area contributed by atoms with E-state index in [2.05, 4.69) is 5.32 Å². The molecule has 94 valence electrons. The van der Waals surface area contributed by atoms with Gasteiger partial charge in [0.2, 0.25) is 0 Å². The number of nitrogens with one attached hydrogen (secondary N) is 1. The Kier molecular flexibility index (Phi) is 4.78. The van der Waals surface area contributed by atoms with E-state index < -0.39 is 5.91 Å². The molecule has 1 amide bonds. The summed E-state index contributed by atoms with van der Waals surface area (Å²) < 4.78 is 4.96. The summed E-state index contributed by atoms with van der Waals surface area (Å²) in [7, 11) is 1.56. The highest BCUT2D eigenvalue weighted by molar-refractivity contribution is 5.97. The van der Waals surface area contributed by atoms with Crippen LogP contribution in [0, 0.1) is 0 Å². The highest BCUT2D eigenvalue weighted by Crippen LogP contribution is 2.21. The number of hydrogen-bond acceptors (Lipinski definition) is 4. The lowest BCUT2D eigenvalue weighted by Gasteiger charge is -2.16. The first-order chi connectivity index (χ1) is 8.08. The lowest BCUT2D eigenvalue weighted by Crippen LogP contribution is -2.37. The van der Waals surface area contributed by atoms with Crippen LogP contribution in [0.4, 0.5) is 0 Å². The van der Waals surface area contributed by atoms with Gasteiger partial charge in [-0.05, 0) is 24.6 Å². The molecule has 0 saturated heterocycles. The van der Waals surface area contributed by atoms with Gasteiger partial charge in [-0.15, -0.1) is 0 Å². The first-order valence-electron chi connectivity index (χ1n) is 5.40. The largest absolute Gasteiger partial charge is 0.508 e. The van der Waals surface area contributed by atoms with Crippen molar-refractivity contribution in [2.24, 2.45) is 0 Å². The van der Waals surface area contributed by atoms with Crippen molar-refractivity contribution in [3.63, 3.8) is 0 Å². The number of methoxy groups -OCH3 is 1. The van der Waals surface area contributed by atoms with Crippen molar-refractivity contribution in [2.45, 2.75) is 19.4 Å². The zero-order valence-corrected chi connectivity index (χ0v) is 9.93. The highest BCUT2D eigenvalue weighted by Gasteiger charge is 2.15. The summed E-state index contributed by atoms with van der Waals surface area (Å²) >= 11 is 0. The Labute approximate surface area is 100 Å². The van der Waals surface area contributed by atoms with Gasteiger partial charge in [-0.25, -0.2) is 0 Å². The van der Waals surface area contributed by atoms with Gasteiger partial charge in [-0.1, -0.05) is 6.92 Å². The van der Waals surface area contributed by atoms with Gasteiger partial charge in [0.25, 0.3) is 5.91 Å². The Morgan fingerprint density at radius 2 is 2.18 bits per heavy atom. The molecule has 5 heteroatoms. The lowest BCUT2D eigenvalue weighted by atomic mass is 10.1. The van der Waals surface area contributed by atoms with Crippen molar-refractivity contribution in [3.8, 4) is 11.5 Å². The molecule has 17 heavy (non-hydrogen) atoms. The molecule has 5 nitrogen and oxygen atoms in total. The average Bonchev–Trinajstić information content (AvgIpc) is 2.31. The maximum Gasteiger partial charge on any atom is 0.255 e. The number of phenols is 2. The van der Waals surface area contributed by atoms with E-state index in [-0.39, 0.29) is 23.1 Å². The van der Waals surface area contributed by atoms with Crippen LogP contribution in [0.15, 0.2) is 18.2 Å². The number of phenolic OH excluding ortho intramolecular Hbond substituents is 2. The third-order valence-corrected chi connectivity index (χ3v) is 2.42. The summed E-state index contributed by atoms with van der Waals surface area (Å²) in [4.78, 5) is 11.8. The van der Waals surface area contributed by atoms with Gasteiger partial charge in [-0.3, -0.25) is 4.79 Å². The number of carbonyl (C=O) groups is 1. The number of carbonyl (C=O) groups excluding carboxylic acids is 1. The minimum absolute atomic E-state index is 0.0551. The third-order valence-electron chi connectivity index (χ3n) is 2.42. The molecule has 0 radical (unpaired) electrons. The predicted octanol–water partition coefficient (Wildman–Crippen LogP) is 1.25. The van der Waals surface area contributed by atoms with Gasteiger partial charge in [0.1, 0.15) is 11.5 Å². The van der Waals surface area contributed by atoms with Crippen molar-refractivity contribution >= 4 is 5.91 Å². The van der Waals surface area contributed by atoms with Gasteiger partial charge in [-0.2, -0.15) is 0 Å². The van der Waals surface area contributed by atoms with Crippen molar-refractivity contribution in [3.05, 3.63) is 23.8 Å².